The van der Waals surface area contributed by atoms with E-state index in [1.807, 2.05) is 12.1 Å². The molecule has 98 valence electrons. The van der Waals surface area contributed by atoms with E-state index in [4.69, 9.17) is 17.4 Å². The van der Waals surface area contributed by atoms with E-state index >= 15 is 0 Å². The van der Waals surface area contributed by atoms with E-state index in [0.717, 1.165) is 5.56 Å². The lowest BCUT2D eigenvalue weighted by molar-refractivity contribution is 0.0950. The number of hydrogen-bond donors (Lipinski definition) is 3. The Morgan fingerprint density at radius 2 is 2.11 bits per heavy atom. The number of carbonyl (C=O) groups is 1. The quantitative estimate of drug-likeness (QED) is 0.579. The molecule has 0 aliphatic carbocycles. The molecule has 1 amide bonds. The third-order valence-corrected chi connectivity index (χ3v) is 2.73. The minimum Gasteiger partial charge on any atom is -0.348 e. The van der Waals surface area contributed by atoms with E-state index < -0.39 is 0 Å². The van der Waals surface area contributed by atoms with E-state index in [2.05, 4.69) is 20.7 Å². The standard InChI is InChI=1S/C12H12ClN5O/c13-10-5-9(7-16-11(10)18-14)12(19)17-6-8-1-3-15-4-2-8/h1-5,7H,6,14H2,(H,16,18)(H,17,19). The summed E-state index contributed by atoms with van der Waals surface area (Å²) < 4.78 is 0. The Balaban J connectivity index is 2.02. The average Bonchev–Trinajstić information content (AvgIpc) is 2.45. The Morgan fingerprint density at radius 3 is 2.74 bits per heavy atom. The highest BCUT2D eigenvalue weighted by molar-refractivity contribution is 6.33. The minimum atomic E-state index is -0.255. The summed E-state index contributed by atoms with van der Waals surface area (Å²) in [5.41, 5.74) is 3.67. The summed E-state index contributed by atoms with van der Waals surface area (Å²) in [6, 6.07) is 5.16. The van der Waals surface area contributed by atoms with Crippen LogP contribution in [0.15, 0.2) is 36.8 Å². The van der Waals surface area contributed by atoms with Crippen LogP contribution in [0.4, 0.5) is 5.82 Å². The van der Waals surface area contributed by atoms with Crippen molar-refractivity contribution in [2.75, 3.05) is 5.43 Å². The molecule has 0 unspecified atom stereocenters. The molecule has 0 aliphatic heterocycles. The molecular weight excluding hydrogens is 266 g/mol. The van der Waals surface area contributed by atoms with Gasteiger partial charge in [-0.15, -0.1) is 0 Å². The first kappa shape index (κ1) is 13.3. The summed E-state index contributed by atoms with van der Waals surface area (Å²) in [5, 5.41) is 3.05. The van der Waals surface area contributed by atoms with Gasteiger partial charge in [-0.1, -0.05) is 11.6 Å². The summed E-state index contributed by atoms with van der Waals surface area (Å²) >= 11 is 5.90. The fraction of sp³-hybridized carbons (Fsp3) is 0.0833. The molecule has 2 aromatic heterocycles. The van der Waals surface area contributed by atoms with E-state index in [9.17, 15) is 4.79 Å². The molecule has 2 rings (SSSR count). The number of amides is 1. The topological polar surface area (TPSA) is 92.9 Å². The van der Waals surface area contributed by atoms with Crippen molar-refractivity contribution < 1.29 is 4.79 Å². The predicted octanol–water partition coefficient (Wildman–Crippen LogP) is 1.35. The van der Waals surface area contributed by atoms with Crippen molar-refractivity contribution >= 4 is 23.3 Å². The maximum atomic E-state index is 11.9. The summed E-state index contributed by atoms with van der Waals surface area (Å²) in [4.78, 5) is 19.7. The van der Waals surface area contributed by atoms with Crippen LogP contribution in [-0.2, 0) is 6.54 Å². The van der Waals surface area contributed by atoms with Crippen LogP contribution in [0.5, 0.6) is 0 Å². The van der Waals surface area contributed by atoms with Crippen molar-refractivity contribution in [1.82, 2.24) is 15.3 Å². The number of nitrogens with zero attached hydrogens (tertiary/aromatic N) is 2. The van der Waals surface area contributed by atoms with Crippen LogP contribution in [0.3, 0.4) is 0 Å². The Hall–Kier alpha value is -2.18. The minimum absolute atomic E-state index is 0.255. The van der Waals surface area contributed by atoms with E-state index in [0.29, 0.717) is 22.9 Å². The number of nitrogens with two attached hydrogens (primary N) is 1. The first-order valence-electron chi connectivity index (χ1n) is 5.50. The molecule has 2 aromatic rings. The van der Waals surface area contributed by atoms with Crippen molar-refractivity contribution in [3.8, 4) is 0 Å². The van der Waals surface area contributed by atoms with Crippen molar-refractivity contribution in [2.24, 2.45) is 5.84 Å². The van der Waals surface area contributed by atoms with Crippen molar-refractivity contribution in [1.29, 1.82) is 0 Å². The third kappa shape index (κ3) is 3.40. The predicted molar refractivity (Wildman–Crippen MR) is 72.5 cm³/mol. The monoisotopic (exact) mass is 277 g/mol. The summed E-state index contributed by atoms with van der Waals surface area (Å²) in [7, 11) is 0. The molecule has 0 spiro atoms. The Bertz CT molecular complexity index is 576. The van der Waals surface area contributed by atoms with Crippen LogP contribution in [0.2, 0.25) is 5.02 Å². The number of hydrogen-bond acceptors (Lipinski definition) is 5. The fourth-order valence-corrected chi connectivity index (χ4v) is 1.67. The van der Waals surface area contributed by atoms with E-state index in [-0.39, 0.29) is 5.91 Å². The first-order valence-corrected chi connectivity index (χ1v) is 5.88. The van der Waals surface area contributed by atoms with Gasteiger partial charge in [0, 0.05) is 25.1 Å². The van der Waals surface area contributed by atoms with Gasteiger partial charge in [0.15, 0.2) is 5.82 Å². The summed E-state index contributed by atoms with van der Waals surface area (Å²) in [6.07, 6.45) is 4.74. The maximum Gasteiger partial charge on any atom is 0.253 e. The molecule has 0 aromatic carbocycles. The average molecular weight is 278 g/mol. The van der Waals surface area contributed by atoms with Crippen molar-refractivity contribution in [2.45, 2.75) is 6.54 Å². The third-order valence-electron chi connectivity index (χ3n) is 2.44. The molecule has 4 N–H and O–H groups in total. The Kier molecular flexibility index (Phi) is 4.27. The largest absolute Gasteiger partial charge is 0.348 e. The van der Waals surface area contributed by atoms with Crippen LogP contribution < -0.4 is 16.6 Å². The maximum absolute atomic E-state index is 11.9. The normalized spacial score (nSPS) is 10.0. The molecule has 7 heteroatoms. The number of hydrazine groups is 1. The van der Waals surface area contributed by atoms with Crippen LogP contribution in [0, 0.1) is 0 Å². The molecule has 6 nitrogen and oxygen atoms in total. The van der Waals surface area contributed by atoms with Gasteiger partial charge in [-0.2, -0.15) is 0 Å². The van der Waals surface area contributed by atoms with Crippen LogP contribution >= 0.6 is 11.6 Å². The highest BCUT2D eigenvalue weighted by atomic mass is 35.5. The van der Waals surface area contributed by atoms with Gasteiger partial charge >= 0.3 is 0 Å². The van der Waals surface area contributed by atoms with Gasteiger partial charge in [0.2, 0.25) is 0 Å². The van der Waals surface area contributed by atoms with Gasteiger partial charge in [0.25, 0.3) is 5.91 Å². The molecule has 0 fully saturated rings. The number of nitrogen functional groups attached to an aromatic ring is 1. The highest BCUT2D eigenvalue weighted by Gasteiger charge is 2.09. The molecule has 0 aliphatic rings. The number of pyridine rings is 2. The molecule has 0 saturated heterocycles. The second-order valence-electron chi connectivity index (χ2n) is 3.74. The lowest BCUT2D eigenvalue weighted by atomic mass is 10.2. The number of carbonyl (C=O) groups excluding carboxylic acids is 1. The second-order valence-corrected chi connectivity index (χ2v) is 4.14. The molecular formula is C12H12ClN5O. The lowest BCUT2D eigenvalue weighted by Crippen LogP contribution is -2.23. The second kappa shape index (κ2) is 6.12. The molecule has 0 saturated carbocycles. The molecule has 0 bridgehead atoms. The molecule has 0 radical (unpaired) electrons. The Morgan fingerprint density at radius 1 is 1.37 bits per heavy atom. The van der Waals surface area contributed by atoms with Crippen LogP contribution in [0.1, 0.15) is 15.9 Å². The van der Waals surface area contributed by atoms with Gasteiger partial charge in [0.1, 0.15) is 0 Å². The number of nitrogens with one attached hydrogen (secondary N) is 2. The first-order chi connectivity index (χ1) is 9.20. The molecule has 2 heterocycles. The van der Waals surface area contributed by atoms with Crippen LogP contribution in [-0.4, -0.2) is 15.9 Å². The smallest absolute Gasteiger partial charge is 0.253 e. The van der Waals surface area contributed by atoms with Gasteiger partial charge < -0.3 is 10.7 Å². The number of aromatic nitrogens is 2. The van der Waals surface area contributed by atoms with Gasteiger partial charge in [-0.05, 0) is 23.8 Å². The molecule has 0 atom stereocenters. The Labute approximate surface area is 115 Å². The number of anilines is 1. The van der Waals surface area contributed by atoms with E-state index in [1.165, 1.54) is 12.3 Å². The van der Waals surface area contributed by atoms with Crippen molar-refractivity contribution in [3.63, 3.8) is 0 Å². The van der Waals surface area contributed by atoms with Gasteiger partial charge in [-0.25, -0.2) is 10.8 Å². The zero-order chi connectivity index (χ0) is 13.7. The molecule has 19 heavy (non-hydrogen) atoms. The summed E-state index contributed by atoms with van der Waals surface area (Å²) in [5.74, 6) is 5.28. The zero-order valence-electron chi connectivity index (χ0n) is 9.93. The SMILES string of the molecule is NNc1ncc(C(=O)NCc2ccncc2)cc1Cl. The lowest BCUT2D eigenvalue weighted by Gasteiger charge is -2.07. The van der Waals surface area contributed by atoms with Gasteiger partial charge in [-0.3, -0.25) is 9.78 Å². The van der Waals surface area contributed by atoms with Crippen molar-refractivity contribution in [3.05, 3.63) is 52.9 Å². The van der Waals surface area contributed by atoms with Gasteiger partial charge in [0.05, 0.1) is 10.6 Å². The zero-order valence-corrected chi connectivity index (χ0v) is 10.7. The highest BCUT2D eigenvalue weighted by Crippen LogP contribution is 2.18. The number of rotatable bonds is 4. The number of halogens is 1. The van der Waals surface area contributed by atoms with E-state index in [1.54, 1.807) is 12.4 Å². The summed E-state index contributed by atoms with van der Waals surface area (Å²) in [6.45, 7) is 0.413. The fourth-order valence-electron chi connectivity index (χ4n) is 1.45. The van der Waals surface area contributed by atoms with Crippen LogP contribution in [0.25, 0.3) is 0 Å².